The van der Waals surface area contributed by atoms with Gasteiger partial charge in [-0.3, -0.25) is 0 Å². The number of hydrogen-bond donors (Lipinski definition) is 2. The monoisotopic (exact) mass is 254 g/mol. The van der Waals surface area contributed by atoms with Gasteiger partial charge in [-0.25, -0.2) is 0 Å². The first-order chi connectivity index (χ1) is 8.73. The van der Waals surface area contributed by atoms with Crippen LogP contribution in [0.5, 0.6) is 0 Å². The third-order valence-electron chi connectivity index (χ3n) is 5.28. The fourth-order valence-corrected chi connectivity index (χ4v) is 3.87. The van der Waals surface area contributed by atoms with Crippen molar-refractivity contribution in [1.29, 1.82) is 0 Å². The van der Waals surface area contributed by atoms with Crippen LogP contribution in [-0.2, 0) is 0 Å². The molecule has 2 fully saturated rings. The maximum Gasteiger partial charge on any atom is 0.0613 e. The van der Waals surface area contributed by atoms with Crippen LogP contribution >= 0.6 is 0 Å². The highest BCUT2D eigenvalue weighted by Crippen LogP contribution is 2.35. The topological polar surface area (TPSA) is 35.5 Å². The number of nitrogens with zero attached hydrogens (tertiary/aromatic N) is 1. The third kappa shape index (κ3) is 3.06. The second kappa shape index (κ2) is 6.36. The quantitative estimate of drug-likeness (QED) is 0.788. The smallest absolute Gasteiger partial charge is 0.0613 e. The molecule has 106 valence electrons. The van der Waals surface area contributed by atoms with Crippen LogP contribution in [0, 0.1) is 5.92 Å². The number of hydrogen-bond acceptors (Lipinski definition) is 3. The molecular formula is C15H30N2O. The van der Waals surface area contributed by atoms with E-state index in [1.807, 2.05) is 7.05 Å². The van der Waals surface area contributed by atoms with E-state index in [4.69, 9.17) is 0 Å². The van der Waals surface area contributed by atoms with Crippen LogP contribution in [0.2, 0.25) is 0 Å². The number of aliphatic hydroxyl groups is 1. The molecule has 3 nitrogen and oxygen atoms in total. The summed E-state index contributed by atoms with van der Waals surface area (Å²) in [6.07, 6.45) is 9.01. The lowest BCUT2D eigenvalue weighted by atomic mass is 9.91. The number of likely N-dealkylation sites (N-methyl/N-ethyl adjacent to an activating group) is 1. The van der Waals surface area contributed by atoms with Crippen LogP contribution in [0.4, 0.5) is 0 Å². The second-order valence-electron chi connectivity index (χ2n) is 6.35. The van der Waals surface area contributed by atoms with E-state index in [0.29, 0.717) is 6.04 Å². The van der Waals surface area contributed by atoms with Crippen molar-refractivity contribution in [2.75, 3.05) is 26.7 Å². The Morgan fingerprint density at radius 3 is 2.50 bits per heavy atom. The van der Waals surface area contributed by atoms with E-state index < -0.39 is 0 Å². The Kier molecular flexibility index (Phi) is 5.05. The molecule has 2 aliphatic rings. The molecular weight excluding hydrogens is 224 g/mol. The molecule has 2 unspecified atom stereocenters. The average Bonchev–Trinajstić information content (AvgIpc) is 2.85. The minimum Gasteiger partial charge on any atom is -0.394 e. The van der Waals surface area contributed by atoms with Gasteiger partial charge >= 0.3 is 0 Å². The molecule has 3 heteroatoms. The van der Waals surface area contributed by atoms with E-state index in [1.54, 1.807) is 0 Å². The first-order valence-electron chi connectivity index (χ1n) is 7.77. The summed E-state index contributed by atoms with van der Waals surface area (Å²) in [4.78, 5) is 2.68. The van der Waals surface area contributed by atoms with Crippen molar-refractivity contribution >= 4 is 0 Å². The van der Waals surface area contributed by atoms with E-state index >= 15 is 0 Å². The average molecular weight is 254 g/mol. The van der Waals surface area contributed by atoms with Gasteiger partial charge in [-0.15, -0.1) is 0 Å². The van der Waals surface area contributed by atoms with Crippen molar-refractivity contribution in [3.05, 3.63) is 0 Å². The standard InChI is InChI=1S/C15H30N2O/c1-3-4-13-6-9-17(10-7-13)14-5-8-15(11-14,12-18)16-2/h13-14,16,18H,3-12H2,1-2H3. The Balaban J connectivity index is 1.81. The normalized spacial score (nSPS) is 35.2. The Morgan fingerprint density at radius 1 is 1.28 bits per heavy atom. The Labute approximate surface area is 112 Å². The molecule has 1 aliphatic carbocycles. The summed E-state index contributed by atoms with van der Waals surface area (Å²) < 4.78 is 0. The number of aliphatic hydroxyl groups excluding tert-OH is 1. The van der Waals surface area contributed by atoms with E-state index in [9.17, 15) is 5.11 Å². The van der Waals surface area contributed by atoms with E-state index in [1.165, 1.54) is 45.2 Å². The summed E-state index contributed by atoms with van der Waals surface area (Å²) in [6.45, 7) is 5.14. The molecule has 0 aromatic heterocycles. The molecule has 0 aromatic carbocycles. The largest absolute Gasteiger partial charge is 0.394 e. The van der Waals surface area contributed by atoms with Gasteiger partial charge in [0.05, 0.1) is 6.61 Å². The molecule has 1 heterocycles. The SMILES string of the molecule is CCCC1CCN(C2CCC(CO)(NC)C2)CC1. The molecule has 2 rings (SSSR count). The van der Waals surface area contributed by atoms with E-state index in [-0.39, 0.29) is 12.1 Å². The first kappa shape index (κ1) is 14.3. The number of nitrogens with one attached hydrogen (secondary N) is 1. The highest BCUT2D eigenvalue weighted by molar-refractivity contribution is 4.99. The summed E-state index contributed by atoms with van der Waals surface area (Å²) in [7, 11) is 1.99. The maximum atomic E-state index is 9.56. The van der Waals surface area contributed by atoms with Crippen LogP contribution < -0.4 is 5.32 Å². The fourth-order valence-electron chi connectivity index (χ4n) is 3.87. The van der Waals surface area contributed by atoms with Crippen molar-refractivity contribution in [1.82, 2.24) is 10.2 Å². The molecule has 0 radical (unpaired) electrons. The minimum absolute atomic E-state index is 0.00489. The Bertz CT molecular complexity index is 245. The van der Waals surface area contributed by atoms with Crippen LogP contribution in [0.25, 0.3) is 0 Å². The summed E-state index contributed by atoms with van der Waals surface area (Å²) in [5.41, 5.74) is 0.00489. The summed E-state index contributed by atoms with van der Waals surface area (Å²) in [5, 5.41) is 12.9. The van der Waals surface area contributed by atoms with Gasteiger partial charge in [-0.1, -0.05) is 19.8 Å². The number of rotatable bonds is 5. The highest BCUT2D eigenvalue weighted by Gasteiger charge is 2.40. The zero-order valence-electron chi connectivity index (χ0n) is 12.1. The van der Waals surface area contributed by atoms with E-state index in [2.05, 4.69) is 17.1 Å². The molecule has 0 bridgehead atoms. The van der Waals surface area contributed by atoms with Gasteiger partial charge in [0.2, 0.25) is 0 Å². The highest BCUT2D eigenvalue weighted by atomic mass is 16.3. The molecule has 0 aromatic rings. The maximum absolute atomic E-state index is 9.56. The number of likely N-dealkylation sites (tertiary alicyclic amines) is 1. The molecule has 18 heavy (non-hydrogen) atoms. The van der Waals surface area contributed by atoms with Crippen molar-refractivity contribution in [2.45, 2.75) is 63.5 Å². The zero-order chi connectivity index (χ0) is 13.0. The summed E-state index contributed by atoms with van der Waals surface area (Å²) >= 11 is 0. The molecule has 1 saturated heterocycles. The van der Waals surface area contributed by atoms with Crippen molar-refractivity contribution in [2.24, 2.45) is 5.92 Å². The second-order valence-corrected chi connectivity index (χ2v) is 6.35. The summed E-state index contributed by atoms with van der Waals surface area (Å²) in [6, 6.07) is 0.701. The predicted octanol–water partition coefficient (Wildman–Crippen LogP) is 2.00. The molecule has 2 N–H and O–H groups in total. The minimum atomic E-state index is 0.00489. The van der Waals surface area contributed by atoms with Crippen LogP contribution in [0.1, 0.15) is 51.9 Å². The van der Waals surface area contributed by atoms with Gasteiger partial charge in [0.15, 0.2) is 0 Å². The number of piperidine rings is 1. The lowest BCUT2D eigenvalue weighted by Gasteiger charge is -2.37. The Hall–Kier alpha value is -0.120. The molecule has 1 saturated carbocycles. The predicted molar refractivity (Wildman–Crippen MR) is 75.7 cm³/mol. The van der Waals surface area contributed by atoms with Crippen molar-refractivity contribution in [3.63, 3.8) is 0 Å². The van der Waals surface area contributed by atoms with Gasteiger partial charge in [-0.2, -0.15) is 0 Å². The van der Waals surface area contributed by atoms with Crippen molar-refractivity contribution in [3.8, 4) is 0 Å². The summed E-state index contributed by atoms with van der Waals surface area (Å²) in [5.74, 6) is 0.972. The molecule has 0 spiro atoms. The lowest BCUT2D eigenvalue weighted by Crippen LogP contribution is -2.47. The zero-order valence-corrected chi connectivity index (χ0v) is 12.1. The van der Waals surface area contributed by atoms with Gasteiger partial charge in [0, 0.05) is 11.6 Å². The van der Waals surface area contributed by atoms with Gasteiger partial charge in [-0.05, 0) is 58.2 Å². The van der Waals surface area contributed by atoms with Crippen LogP contribution in [0.3, 0.4) is 0 Å². The van der Waals surface area contributed by atoms with Crippen LogP contribution in [-0.4, -0.2) is 48.3 Å². The molecule has 0 amide bonds. The molecule has 2 atom stereocenters. The van der Waals surface area contributed by atoms with E-state index in [0.717, 1.165) is 18.8 Å². The first-order valence-corrected chi connectivity index (χ1v) is 7.77. The fraction of sp³-hybridized carbons (Fsp3) is 1.00. The van der Waals surface area contributed by atoms with Gasteiger partial charge in [0.1, 0.15) is 0 Å². The van der Waals surface area contributed by atoms with Gasteiger partial charge in [0.25, 0.3) is 0 Å². The van der Waals surface area contributed by atoms with Crippen LogP contribution in [0.15, 0.2) is 0 Å². The lowest BCUT2D eigenvalue weighted by molar-refractivity contribution is 0.114. The third-order valence-corrected chi connectivity index (χ3v) is 5.28. The van der Waals surface area contributed by atoms with Crippen molar-refractivity contribution < 1.29 is 5.11 Å². The Morgan fingerprint density at radius 2 is 2.00 bits per heavy atom. The van der Waals surface area contributed by atoms with Gasteiger partial charge < -0.3 is 15.3 Å². The molecule has 1 aliphatic heterocycles.